The molecular weight excluding hydrogens is 254 g/mol. The van der Waals surface area contributed by atoms with Crippen LogP contribution < -0.4 is 10.6 Å². The van der Waals surface area contributed by atoms with Gasteiger partial charge in [-0.1, -0.05) is 6.92 Å². The summed E-state index contributed by atoms with van der Waals surface area (Å²) in [6.07, 6.45) is 4.37. The van der Waals surface area contributed by atoms with Crippen LogP contribution in [0.5, 0.6) is 0 Å². The lowest BCUT2D eigenvalue weighted by Crippen LogP contribution is -2.13. The quantitative estimate of drug-likeness (QED) is 0.876. The minimum Gasteiger partial charge on any atom is -0.370 e. The first-order valence-corrected chi connectivity index (χ1v) is 6.61. The van der Waals surface area contributed by atoms with Crippen LogP contribution in [0.1, 0.15) is 29.4 Å². The second-order valence-electron chi connectivity index (χ2n) is 4.67. The van der Waals surface area contributed by atoms with E-state index in [1.807, 2.05) is 6.92 Å². The molecule has 0 spiro atoms. The van der Waals surface area contributed by atoms with Crippen molar-refractivity contribution < 1.29 is 4.79 Å². The second-order valence-corrected chi connectivity index (χ2v) is 4.67. The maximum Gasteiger partial charge on any atom is 0.255 e. The summed E-state index contributed by atoms with van der Waals surface area (Å²) >= 11 is 0. The van der Waals surface area contributed by atoms with E-state index in [1.165, 1.54) is 0 Å². The van der Waals surface area contributed by atoms with Crippen LogP contribution in [0.3, 0.4) is 0 Å². The Balaban J connectivity index is 2.14. The number of rotatable bonds is 5. The normalized spacial score (nSPS) is 10.3. The monoisotopic (exact) mass is 273 g/mol. The van der Waals surface area contributed by atoms with Crippen molar-refractivity contribution in [1.29, 1.82) is 0 Å². The van der Waals surface area contributed by atoms with E-state index in [9.17, 15) is 4.79 Å². The lowest BCUT2D eigenvalue weighted by molar-refractivity contribution is 0.102. The summed E-state index contributed by atoms with van der Waals surface area (Å²) in [5.41, 5.74) is 2.07. The van der Waals surface area contributed by atoms with E-state index >= 15 is 0 Å². The molecule has 106 valence electrons. The molecule has 6 nitrogen and oxygen atoms in total. The number of pyridine rings is 1. The lowest BCUT2D eigenvalue weighted by atomic mass is 10.2. The zero-order chi connectivity index (χ0) is 14.5. The average molecular weight is 273 g/mol. The van der Waals surface area contributed by atoms with Crippen molar-refractivity contribution in [2.75, 3.05) is 17.2 Å². The van der Waals surface area contributed by atoms with Gasteiger partial charge in [-0.05, 0) is 25.5 Å². The van der Waals surface area contributed by atoms with Crippen molar-refractivity contribution in [2.45, 2.75) is 20.3 Å². The van der Waals surface area contributed by atoms with Gasteiger partial charge in [0, 0.05) is 31.0 Å². The number of hydrogen-bond donors (Lipinski definition) is 2. The Morgan fingerprint density at radius 2 is 2.20 bits per heavy atom. The van der Waals surface area contributed by atoms with E-state index < -0.39 is 0 Å². The molecule has 6 heteroatoms. The molecule has 0 bridgehead atoms. The summed E-state index contributed by atoms with van der Waals surface area (Å²) in [5.74, 6) is 0.561. The number of nitrogens with one attached hydrogen (secondary N) is 2. The van der Waals surface area contributed by atoms with E-state index in [2.05, 4.69) is 27.6 Å². The van der Waals surface area contributed by atoms with Crippen LogP contribution in [0.25, 0.3) is 0 Å². The molecular formula is C14H19N5O. The van der Waals surface area contributed by atoms with Crippen LogP contribution in [0.4, 0.5) is 11.5 Å². The third kappa shape index (κ3) is 3.57. The molecule has 0 unspecified atom stereocenters. The van der Waals surface area contributed by atoms with Crippen molar-refractivity contribution in [3.05, 3.63) is 35.8 Å². The molecule has 0 saturated carbocycles. The molecule has 0 fully saturated rings. The molecule has 0 radical (unpaired) electrons. The molecule has 2 rings (SSSR count). The SMILES string of the molecule is CCCNc1cc(C(=O)Nc2cnn(C)c2)cc(C)n1. The number of carbonyl (C=O) groups excluding carboxylic acids is 1. The van der Waals surface area contributed by atoms with Gasteiger partial charge >= 0.3 is 0 Å². The van der Waals surface area contributed by atoms with Gasteiger partial charge in [0.25, 0.3) is 5.91 Å². The predicted octanol–water partition coefficient (Wildman–Crippen LogP) is 2.20. The average Bonchev–Trinajstić information content (AvgIpc) is 2.81. The Hall–Kier alpha value is -2.37. The van der Waals surface area contributed by atoms with Gasteiger partial charge in [-0.15, -0.1) is 0 Å². The fraction of sp³-hybridized carbons (Fsp3) is 0.357. The van der Waals surface area contributed by atoms with Crippen LogP contribution in [0, 0.1) is 6.92 Å². The molecule has 2 aromatic rings. The Labute approximate surface area is 118 Å². The highest BCUT2D eigenvalue weighted by atomic mass is 16.1. The van der Waals surface area contributed by atoms with Gasteiger partial charge in [0.2, 0.25) is 0 Å². The molecule has 2 heterocycles. The number of hydrogen-bond acceptors (Lipinski definition) is 4. The minimum absolute atomic E-state index is 0.164. The Bertz CT molecular complexity index is 605. The number of aryl methyl sites for hydroxylation is 2. The van der Waals surface area contributed by atoms with E-state index in [0.717, 1.165) is 24.5 Å². The van der Waals surface area contributed by atoms with Crippen molar-refractivity contribution in [2.24, 2.45) is 7.05 Å². The highest BCUT2D eigenvalue weighted by molar-refractivity contribution is 6.04. The van der Waals surface area contributed by atoms with Gasteiger partial charge in [-0.2, -0.15) is 5.10 Å². The Morgan fingerprint density at radius 3 is 2.85 bits per heavy atom. The first-order valence-electron chi connectivity index (χ1n) is 6.61. The number of nitrogens with zero attached hydrogens (tertiary/aromatic N) is 3. The zero-order valence-electron chi connectivity index (χ0n) is 12.0. The fourth-order valence-electron chi connectivity index (χ4n) is 1.83. The summed E-state index contributed by atoms with van der Waals surface area (Å²) in [6, 6.07) is 3.52. The Kier molecular flexibility index (Phi) is 4.34. The van der Waals surface area contributed by atoms with E-state index in [0.29, 0.717) is 11.3 Å². The molecule has 0 aromatic carbocycles. The predicted molar refractivity (Wildman–Crippen MR) is 78.9 cm³/mol. The molecule has 2 aromatic heterocycles. The maximum absolute atomic E-state index is 12.2. The molecule has 0 aliphatic heterocycles. The largest absolute Gasteiger partial charge is 0.370 e. The highest BCUT2D eigenvalue weighted by Crippen LogP contribution is 2.13. The third-order valence-corrected chi connectivity index (χ3v) is 2.73. The summed E-state index contributed by atoms with van der Waals surface area (Å²) in [4.78, 5) is 16.6. The van der Waals surface area contributed by atoms with Crippen LogP contribution in [0.2, 0.25) is 0 Å². The smallest absolute Gasteiger partial charge is 0.255 e. The van der Waals surface area contributed by atoms with E-state index in [4.69, 9.17) is 0 Å². The minimum atomic E-state index is -0.164. The molecule has 0 saturated heterocycles. The van der Waals surface area contributed by atoms with Crippen LogP contribution in [0.15, 0.2) is 24.5 Å². The first kappa shape index (κ1) is 14.0. The number of carbonyl (C=O) groups is 1. The topological polar surface area (TPSA) is 71.8 Å². The van der Waals surface area contributed by atoms with Crippen LogP contribution >= 0.6 is 0 Å². The summed E-state index contributed by atoms with van der Waals surface area (Å²) in [7, 11) is 1.80. The molecule has 1 amide bonds. The number of anilines is 2. The standard InChI is InChI=1S/C14H19N5O/c1-4-5-15-13-7-11(6-10(2)17-13)14(20)18-12-8-16-19(3)9-12/h6-9H,4-5H2,1-3H3,(H,15,17)(H,18,20). The van der Waals surface area contributed by atoms with Crippen molar-refractivity contribution in [3.63, 3.8) is 0 Å². The second kappa shape index (κ2) is 6.18. The van der Waals surface area contributed by atoms with Crippen molar-refractivity contribution in [3.8, 4) is 0 Å². The van der Waals surface area contributed by atoms with Crippen LogP contribution in [-0.4, -0.2) is 27.2 Å². The van der Waals surface area contributed by atoms with Gasteiger partial charge < -0.3 is 10.6 Å². The van der Waals surface area contributed by atoms with Crippen molar-refractivity contribution >= 4 is 17.4 Å². The molecule has 0 aliphatic rings. The van der Waals surface area contributed by atoms with Gasteiger partial charge in [0.05, 0.1) is 11.9 Å². The van der Waals surface area contributed by atoms with Gasteiger partial charge in [-0.25, -0.2) is 4.98 Å². The van der Waals surface area contributed by atoms with Crippen molar-refractivity contribution in [1.82, 2.24) is 14.8 Å². The van der Waals surface area contributed by atoms with Gasteiger partial charge in [-0.3, -0.25) is 9.48 Å². The van der Waals surface area contributed by atoms with Gasteiger partial charge in [0.1, 0.15) is 5.82 Å². The first-order chi connectivity index (χ1) is 9.58. The number of amides is 1. The lowest BCUT2D eigenvalue weighted by Gasteiger charge is -2.08. The third-order valence-electron chi connectivity index (χ3n) is 2.73. The molecule has 0 atom stereocenters. The molecule has 0 aliphatic carbocycles. The summed E-state index contributed by atoms with van der Waals surface area (Å²) in [6.45, 7) is 4.79. The van der Waals surface area contributed by atoms with Gasteiger partial charge in [0.15, 0.2) is 0 Å². The molecule has 2 N–H and O–H groups in total. The highest BCUT2D eigenvalue weighted by Gasteiger charge is 2.09. The molecule has 20 heavy (non-hydrogen) atoms. The summed E-state index contributed by atoms with van der Waals surface area (Å²) < 4.78 is 1.64. The van der Waals surface area contributed by atoms with E-state index in [-0.39, 0.29) is 5.91 Å². The number of aromatic nitrogens is 3. The fourth-order valence-corrected chi connectivity index (χ4v) is 1.83. The van der Waals surface area contributed by atoms with Crippen LogP contribution in [-0.2, 0) is 7.05 Å². The van der Waals surface area contributed by atoms with E-state index in [1.54, 1.807) is 36.3 Å². The maximum atomic E-state index is 12.2. The Morgan fingerprint density at radius 1 is 1.40 bits per heavy atom. The zero-order valence-corrected chi connectivity index (χ0v) is 12.0. The summed E-state index contributed by atoms with van der Waals surface area (Å²) in [5, 5.41) is 10.0.